The van der Waals surface area contributed by atoms with Gasteiger partial charge in [-0.25, -0.2) is 0 Å². The summed E-state index contributed by atoms with van der Waals surface area (Å²) < 4.78 is 18.9. The molecule has 0 spiro atoms. The van der Waals surface area contributed by atoms with Gasteiger partial charge >= 0.3 is 0 Å². The first-order valence-electron chi connectivity index (χ1n) is 10.4. The van der Waals surface area contributed by atoms with Gasteiger partial charge in [-0.3, -0.25) is 0 Å². The van der Waals surface area contributed by atoms with Crippen molar-refractivity contribution in [1.82, 2.24) is 0 Å². The number of halogens is 2. The van der Waals surface area contributed by atoms with Gasteiger partial charge in [-0.1, -0.05) is 81.4 Å². The number of benzene rings is 2. The van der Waals surface area contributed by atoms with Gasteiger partial charge in [0.2, 0.25) is 0 Å². The minimum atomic E-state index is -2.61. The van der Waals surface area contributed by atoms with Crippen LogP contribution in [-0.4, -0.2) is 37.8 Å². The molecule has 0 unspecified atom stereocenters. The van der Waals surface area contributed by atoms with Crippen molar-refractivity contribution in [2.45, 2.75) is 62.3 Å². The van der Waals surface area contributed by atoms with Gasteiger partial charge < -0.3 is 13.9 Å². The van der Waals surface area contributed by atoms with Crippen molar-refractivity contribution in [2.24, 2.45) is 0 Å². The summed E-state index contributed by atoms with van der Waals surface area (Å²) in [6.45, 7) is 11.4. The van der Waals surface area contributed by atoms with Crippen LogP contribution in [-0.2, 0) is 13.9 Å². The molecule has 3 nitrogen and oxygen atoms in total. The zero-order chi connectivity index (χ0) is 22.0. The highest BCUT2D eigenvalue weighted by molar-refractivity contribution is 6.99. The third kappa shape index (κ3) is 4.64. The van der Waals surface area contributed by atoms with E-state index in [1.807, 2.05) is 26.0 Å². The Labute approximate surface area is 191 Å². The summed E-state index contributed by atoms with van der Waals surface area (Å²) in [6, 6.07) is 21.2. The van der Waals surface area contributed by atoms with Crippen molar-refractivity contribution in [3.05, 3.63) is 60.7 Å². The SMILES string of the molecule is CC1(C)OC[C@@](CCO[Si](c2ccccc2)(c2ccccc2)C(C)(C)C)(C(Cl)Cl)O1. The summed E-state index contributed by atoms with van der Waals surface area (Å²) in [5.41, 5.74) is -0.780. The monoisotopic (exact) mass is 466 g/mol. The van der Waals surface area contributed by atoms with Crippen molar-refractivity contribution in [1.29, 1.82) is 0 Å². The van der Waals surface area contributed by atoms with E-state index in [1.54, 1.807) is 0 Å². The van der Waals surface area contributed by atoms with Gasteiger partial charge in [-0.2, -0.15) is 0 Å². The van der Waals surface area contributed by atoms with Gasteiger partial charge in [0.15, 0.2) is 5.79 Å². The molecule has 1 aliphatic rings. The van der Waals surface area contributed by atoms with E-state index in [-0.39, 0.29) is 5.04 Å². The van der Waals surface area contributed by atoms with E-state index in [2.05, 4.69) is 69.3 Å². The predicted octanol–water partition coefficient (Wildman–Crippen LogP) is 5.28. The molecular weight excluding hydrogens is 435 g/mol. The fourth-order valence-corrected chi connectivity index (χ4v) is 9.32. The lowest BCUT2D eigenvalue weighted by Gasteiger charge is -2.43. The number of ether oxygens (including phenoxy) is 2. The first kappa shape index (κ1) is 23.8. The van der Waals surface area contributed by atoms with Crippen LogP contribution in [0.5, 0.6) is 0 Å². The Morgan fingerprint density at radius 2 is 1.47 bits per heavy atom. The van der Waals surface area contributed by atoms with Crippen LogP contribution in [0.3, 0.4) is 0 Å². The average molecular weight is 468 g/mol. The minimum absolute atomic E-state index is 0.0868. The minimum Gasteiger partial charge on any atom is -0.407 e. The molecule has 0 N–H and O–H groups in total. The maximum atomic E-state index is 6.96. The lowest BCUT2D eigenvalue weighted by atomic mass is 10.0. The summed E-state index contributed by atoms with van der Waals surface area (Å²) >= 11 is 12.7. The van der Waals surface area contributed by atoms with Crippen molar-refractivity contribution in [3.8, 4) is 0 Å². The molecule has 0 saturated carbocycles. The first-order chi connectivity index (χ1) is 14.0. The Balaban J connectivity index is 1.96. The molecule has 6 heteroatoms. The first-order valence-corrected chi connectivity index (χ1v) is 13.2. The van der Waals surface area contributed by atoms with Gasteiger partial charge in [0.1, 0.15) is 10.4 Å². The van der Waals surface area contributed by atoms with E-state index in [0.29, 0.717) is 19.6 Å². The van der Waals surface area contributed by atoms with Crippen LogP contribution in [0.2, 0.25) is 5.04 Å². The topological polar surface area (TPSA) is 27.7 Å². The predicted molar refractivity (Wildman–Crippen MR) is 128 cm³/mol. The van der Waals surface area contributed by atoms with E-state index in [9.17, 15) is 0 Å². The maximum absolute atomic E-state index is 6.96. The van der Waals surface area contributed by atoms with Gasteiger partial charge in [0, 0.05) is 13.0 Å². The van der Waals surface area contributed by atoms with Gasteiger partial charge in [0.05, 0.1) is 6.61 Å². The van der Waals surface area contributed by atoms with Crippen LogP contribution in [0.1, 0.15) is 41.0 Å². The van der Waals surface area contributed by atoms with E-state index in [1.165, 1.54) is 10.4 Å². The molecule has 1 aliphatic heterocycles. The Morgan fingerprint density at radius 1 is 0.967 bits per heavy atom. The van der Waals surface area contributed by atoms with Crippen LogP contribution < -0.4 is 10.4 Å². The van der Waals surface area contributed by atoms with Crippen LogP contribution in [0.4, 0.5) is 0 Å². The second kappa shape index (κ2) is 8.93. The standard InChI is InChI=1S/C24H32Cl2O3Si/c1-22(2,3)30(19-12-8-6-9-13-19,20-14-10-7-11-15-20)28-17-16-24(21(25)26)18-27-23(4,5)29-24/h6-15,21H,16-18H2,1-5H3/t24-/m0/s1. The Hall–Kier alpha value is -0.883. The molecule has 164 valence electrons. The number of hydrogen-bond acceptors (Lipinski definition) is 3. The molecule has 30 heavy (non-hydrogen) atoms. The van der Waals surface area contributed by atoms with Crippen LogP contribution in [0.15, 0.2) is 60.7 Å². The quantitative estimate of drug-likeness (QED) is 0.410. The molecule has 0 amide bonds. The van der Waals surface area contributed by atoms with Crippen molar-refractivity contribution < 1.29 is 13.9 Å². The zero-order valence-electron chi connectivity index (χ0n) is 18.5. The lowest BCUT2D eigenvalue weighted by Crippen LogP contribution is -2.66. The summed E-state index contributed by atoms with van der Waals surface area (Å²) in [5.74, 6) is -0.709. The Morgan fingerprint density at radius 3 is 1.83 bits per heavy atom. The van der Waals surface area contributed by atoms with E-state index in [0.717, 1.165) is 0 Å². The molecule has 1 heterocycles. The molecule has 1 fully saturated rings. The van der Waals surface area contributed by atoms with Crippen molar-refractivity contribution in [3.63, 3.8) is 0 Å². The summed E-state index contributed by atoms with van der Waals surface area (Å²) in [5, 5.41) is 2.40. The van der Waals surface area contributed by atoms with Crippen LogP contribution in [0.25, 0.3) is 0 Å². The molecule has 2 aromatic rings. The molecule has 2 aromatic carbocycles. The van der Waals surface area contributed by atoms with E-state index >= 15 is 0 Å². The lowest BCUT2D eigenvalue weighted by molar-refractivity contribution is -0.160. The highest BCUT2D eigenvalue weighted by Gasteiger charge is 2.53. The number of hydrogen-bond donors (Lipinski definition) is 0. The third-order valence-corrected chi connectivity index (χ3v) is 11.6. The third-order valence-electron chi connectivity index (χ3n) is 5.77. The van der Waals surface area contributed by atoms with Crippen molar-refractivity contribution in [2.75, 3.05) is 13.2 Å². The second-order valence-electron chi connectivity index (χ2n) is 9.42. The van der Waals surface area contributed by atoms with Crippen LogP contribution in [0, 0.1) is 0 Å². The fraction of sp³-hybridized carbons (Fsp3) is 0.500. The normalized spacial score (nSPS) is 21.9. The molecule has 1 atom stereocenters. The Bertz CT molecular complexity index is 782. The Kier molecular flexibility index (Phi) is 7.08. The smallest absolute Gasteiger partial charge is 0.261 e. The van der Waals surface area contributed by atoms with Gasteiger partial charge in [-0.05, 0) is 29.3 Å². The molecule has 0 aliphatic carbocycles. The zero-order valence-corrected chi connectivity index (χ0v) is 21.0. The van der Waals surface area contributed by atoms with Gasteiger partial charge in [-0.15, -0.1) is 23.2 Å². The van der Waals surface area contributed by atoms with E-state index in [4.69, 9.17) is 37.1 Å². The maximum Gasteiger partial charge on any atom is 0.261 e. The molecule has 0 aromatic heterocycles. The number of alkyl halides is 2. The summed E-state index contributed by atoms with van der Waals surface area (Å²) in [7, 11) is -2.61. The summed E-state index contributed by atoms with van der Waals surface area (Å²) in [4.78, 5) is -0.706. The molecular formula is C24H32Cl2O3Si. The highest BCUT2D eigenvalue weighted by atomic mass is 35.5. The van der Waals surface area contributed by atoms with Crippen LogP contribution >= 0.6 is 23.2 Å². The summed E-state index contributed by atoms with van der Waals surface area (Å²) in [6.07, 6.45) is 0.554. The van der Waals surface area contributed by atoms with Crippen molar-refractivity contribution >= 4 is 41.9 Å². The highest BCUT2D eigenvalue weighted by Crippen LogP contribution is 2.41. The molecule has 0 radical (unpaired) electrons. The fourth-order valence-electron chi connectivity index (χ4n) is 4.32. The molecule has 3 rings (SSSR count). The van der Waals surface area contributed by atoms with Gasteiger partial charge in [0.25, 0.3) is 8.32 Å². The largest absolute Gasteiger partial charge is 0.407 e. The molecule has 1 saturated heterocycles. The van der Waals surface area contributed by atoms with E-state index < -0.39 is 24.5 Å². The molecule has 0 bridgehead atoms. The average Bonchev–Trinajstić information content (AvgIpc) is 3.02. The number of rotatable bonds is 7. The second-order valence-corrected chi connectivity index (χ2v) is 14.8.